The number of aromatic hydroxyl groups is 1. The molecule has 114 valence electrons. The minimum atomic E-state index is -0.498. The number of benzene rings is 1. The maximum absolute atomic E-state index is 11.8. The molecule has 1 aromatic carbocycles. The fraction of sp³-hybridized carbons (Fsp3) is 0.200. The SMILES string of the molecule is O=c1nc2oc(-c3cccc(O)c3)cc2cn1COCCO. The van der Waals surface area contributed by atoms with E-state index >= 15 is 0 Å². The summed E-state index contributed by atoms with van der Waals surface area (Å²) in [4.78, 5) is 15.7. The standard InChI is InChI=1S/C15H14N2O5/c18-4-5-21-9-17-8-11-7-13(22-14(11)16-15(17)20)10-2-1-3-12(19)6-10/h1-3,6-8,18-19H,4-5,9H2. The lowest BCUT2D eigenvalue weighted by Gasteiger charge is -2.04. The summed E-state index contributed by atoms with van der Waals surface area (Å²) in [5.74, 6) is 0.634. The average molecular weight is 302 g/mol. The molecule has 0 saturated carbocycles. The van der Waals surface area contributed by atoms with Gasteiger partial charge in [0.15, 0.2) is 0 Å². The highest BCUT2D eigenvalue weighted by Gasteiger charge is 2.10. The Hall–Kier alpha value is -2.64. The number of phenolic OH excluding ortho intramolecular Hbond substituents is 1. The zero-order valence-corrected chi connectivity index (χ0v) is 11.6. The molecular formula is C15H14N2O5. The van der Waals surface area contributed by atoms with Crippen LogP contribution in [0.1, 0.15) is 0 Å². The normalized spacial score (nSPS) is 11.1. The van der Waals surface area contributed by atoms with Crippen molar-refractivity contribution in [3.63, 3.8) is 0 Å². The molecule has 7 heteroatoms. The van der Waals surface area contributed by atoms with Gasteiger partial charge in [0.05, 0.1) is 18.6 Å². The Bertz CT molecular complexity index is 853. The van der Waals surface area contributed by atoms with E-state index in [1.807, 2.05) is 0 Å². The van der Waals surface area contributed by atoms with Gasteiger partial charge in [-0.2, -0.15) is 4.98 Å². The van der Waals surface area contributed by atoms with Crippen molar-refractivity contribution < 1.29 is 19.4 Å². The Labute approximate surface area is 125 Å². The first kappa shape index (κ1) is 14.3. The summed E-state index contributed by atoms with van der Waals surface area (Å²) in [6.07, 6.45) is 1.58. The number of furan rings is 1. The minimum absolute atomic E-state index is 0.00890. The van der Waals surface area contributed by atoms with Crippen LogP contribution in [0.3, 0.4) is 0 Å². The molecule has 0 fully saturated rings. The average Bonchev–Trinajstić information content (AvgIpc) is 2.90. The number of phenols is 1. The van der Waals surface area contributed by atoms with Crippen LogP contribution in [0.2, 0.25) is 0 Å². The molecule has 2 aromatic heterocycles. The Balaban J connectivity index is 1.97. The highest BCUT2D eigenvalue weighted by Crippen LogP contribution is 2.28. The van der Waals surface area contributed by atoms with Gasteiger partial charge in [0.2, 0.25) is 5.71 Å². The van der Waals surface area contributed by atoms with Crippen molar-refractivity contribution in [3.8, 4) is 17.1 Å². The van der Waals surface area contributed by atoms with Crippen LogP contribution in [0.15, 0.2) is 45.7 Å². The van der Waals surface area contributed by atoms with Gasteiger partial charge in [-0.15, -0.1) is 0 Å². The van der Waals surface area contributed by atoms with E-state index in [1.165, 1.54) is 4.57 Å². The summed E-state index contributed by atoms with van der Waals surface area (Å²) in [6, 6.07) is 8.35. The van der Waals surface area contributed by atoms with E-state index in [4.69, 9.17) is 14.3 Å². The van der Waals surface area contributed by atoms with Crippen LogP contribution < -0.4 is 5.69 Å². The second-order valence-electron chi connectivity index (χ2n) is 4.68. The second-order valence-corrected chi connectivity index (χ2v) is 4.68. The lowest BCUT2D eigenvalue weighted by Crippen LogP contribution is -2.23. The van der Waals surface area contributed by atoms with Crippen molar-refractivity contribution in [2.24, 2.45) is 0 Å². The van der Waals surface area contributed by atoms with E-state index < -0.39 is 5.69 Å². The second kappa shape index (κ2) is 6.00. The lowest BCUT2D eigenvalue weighted by molar-refractivity contribution is 0.0460. The van der Waals surface area contributed by atoms with E-state index in [0.29, 0.717) is 16.7 Å². The third-order valence-electron chi connectivity index (χ3n) is 3.07. The van der Waals surface area contributed by atoms with Gasteiger partial charge in [-0.05, 0) is 18.2 Å². The number of hydrogen-bond donors (Lipinski definition) is 2. The van der Waals surface area contributed by atoms with Crippen molar-refractivity contribution in [2.45, 2.75) is 6.73 Å². The van der Waals surface area contributed by atoms with Crippen LogP contribution in [0.5, 0.6) is 5.75 Å². The highest BCUT2D eigenvalue weighted by molar-refractivity contribution is 5.79. The van der Waals surface area contributed by atoms with Crippen LogP contribution in [-0.4, -0.2) is 33.0 Å². The molecule has 2 heterocycles. The van der Waals surface area contributed by atoms with Gasteiger partial charge in [-0.3, -0.25) is 4.57 Å². The van der Waals surface area contributed by atoms with Crippen LogP contribution in [-0.2, 0) is 11.5 Å². The fourth-order valence-electron chi connectivity index (χ4n) is 2.07. The van der Waals surface area contributed by atoms with E-state index in [2.05, 4.69) is 4.98 Å². The summed E-state index contributed by atoms with van der Waals surface area (Å²) in [6.45, 7) is 0.0388. The Morgan fingerprint density at radius 2 is 2.18 bits per heavy atom. The first-order chi connectivity index (χ1) is 10.7. The molecule has 7 nitrogen and oxygen atoms in total. The van der Waals surface area contributed by atoms with Gasteiger partial charge in [-0.25, -0.2) is 4.79 Å². The molecule has 3 aromatic rings. The molecule has 0 spiro atoms. The van der Waals surface area contributed by atoms with Gasteiger partial charge < -0.3 is 19.4 Å². The number of fused-ring (bicyclic) bond motifs is 1. The van der Waals surface area contributed by atoms with Gasteiger partial charge in [0.1, 0.15) is 18.2 Å². The summed E-state index contributed by atoms with van der Waals surface area (Å²) in [5, 5.41) is 18.8. The number of rotatable bonds is 5. The third kappa shape index (κ3) is 2.85. The number of nitrogens with zero attached hydrogens (tertiary/aromatic N) is 2. The largest absolute Gasteiger partial charge is 0.508 e. The summed E-state index contributed by atoms with van der Waals surface area (Å²) >= 11 is 0. The number of hydrogen-bond acceptors (Lipinski definition) is 6. The Morgan fingerprint density at radius 3 is 2.95 bits per heavy atom. The third-order valence-corrected chi connectivity index (χ3v) is 3.07. The fourth-order valence-corrected chi connectivity index (χ4v) is 2.07. The van der Waals surface area contributed by atoms with Gasteiger partial charge in [-0.1, -0.05) is 12.1 Å². The zero-order valence-electron chi connectivity index (χ0n) is 11.6. The lowest BCUT2D eigenvalue weighted by atomic mass is 10.1. The van der Waals surface area contributed by atoms with Gasteiger partial charge in [0.25, 0.3) is 0 Å². The van der Waals surface area contributed by atoms with Crippen molar-refractivity contribution >= 4 is 11.1 Å². The predicted molar refractivity (Wildman–Crippen MR) is 78.4 cm³/mol. The number of aliphatic hydroxyl groups excluding tert-OH is 1. The monoisotopic (exact) mass is 302 g/mol. The smallest absolute Gasteiger partial charge is 0.352 e. The van der Waals surface area contributed by atoms with Crippen molar-refractivity contribution in [3.05, 3.63) is 47.0 Å². The van der Waals surface area contributed by atoms with E-state index in [1.54, 1.807) is 36.5 Å². The van der Waals surface area contributed by atoms with Crippen molar-refractivity contribution in [2.75, 3.05) is 13.2 Å². The molecule has 22 heavy (non-hydrogen) atoms. The first-order valence-electron chi connectivity index (χ1n) is 6.66. The molecular weight excluding hydrogens is 288 g/mol. The Kier molecular flexibility index (Phi) is 3.90. The maximum atomic E-state index is 11.8. The molecule has 0 aliphatic carbocycles. The molecule has 3 rings (SSSR count). The summed E-state index contributed by atoms with van der Waals surface area (Å²) in [5.41, 5.74) is 0.414. The van der Waals surface area contributed by atoms with E-state index in [0.717, 1.165) is 0 Å². The van der Waals surface area contributed by atoms with Crippen molar-refractivity contribution in [1.29, 1.82) is 0 Å². The molecule has 0 unspecified atom stereocenters. The topological polar surface area (TPSA) is 97.7 Å². The quantitative estimate of drug-likeness (QED) is 0.690. The van der Waals surface area contributed by atoms with E-state index in [-0.39, 0.29) is 31.4 Å². The minimum Gasteiger partial charge on any atom is -0.508 e. The highest BCUT2D eigenvalue weighted by atomic mass is 16.5. The molecule has 0 bridgehead atoms. The van der Waals surface area contributed by atoms with Crippen molar-refractivity contribution in [1.82, 2.24) is 9.55 Å². The molecule has 0 amide bonds. The number of ether oxygens (including phenoxy) is 1. The molecule has 0 aliphatic rings. The van der Waals surface area contributed by atoms with E-state index in [9.17, 15) is 9.90 Å². The van der Waals surface area contributed by atoms with Crippen LogP contribution in [0.25, 0.3) is 22.4 Å². The molecule has 2 N–H and O–H groups in total. The van der Waals surface area contributed by atoms with Crippen LogP contribution >= 0.6 is 0 Å². The Morgan fingerprint density at radius 1 is 1.32 bits per heavy atom. The number of aromatic nitrogens is 2. The molecule has 0 aliphatic heterocycles. The molecule has 0 atom stereocenters. The summed E-state index contributed by atoms with van der Waals surface area (Å²) < 4.78 is 12.0. The maximum Gasteiger partial charge on any atom is 0.352 e. The molecule has 0 radical (unpaired) electrons. The molecule has 0 saturated heterocycles. The van der Waals surface area contributed by atoms with Gasteiger partial charge >= 0.3 is 5.69 Å². The first-order valence-corrected chi connectivity index (χ1v) is 6.66. The number of aliphatic hydroxyl groups is 1. The zero-order chi connectivity index (χ0) is 15.5. The predicted octanol–water partition coefficient (Wildman–Crippen LogP) is 1.33. The van der Waals surface area contributed by atoms with Crippen LogP contribution in [0, 0.1) is 0 Å². The van der Waals surface area contributed by atoms with Crippen LogP contribution in [0.4, 0.5) is 0 Å². The van der Waals surface area contributed by atoms with Gasteiger partial charge in [0, 0.05) is 11.8 Å². The summed E-state index contributed by atoms with van der Waals surface area (Å²) in [7, 11) is 0.